The minimum atomic E-state index is 0.253. The number of aliphatic hydroxyl groups excluding tert-OH is 1. The predicted molar refractivity (Wildman–Crippen MR) is 75.3 cm³/mol. The third-order valence-electron chi connectivity index (χ3n) is 4.00. The van der Waals surface area contributed by atoms with Gasteiger partial charge in [-0.25, -0.2) is 0 Å². The van der Waals surface area contributed by atoms with E-state index in [1.165, 1.54) is 37.7 Å². The first-order valence-corrected chi connectivity index (χ1v) is 7.26. The van der Waals surface area contributed by atoms with Gasteiger partial charge in [0.25, 0.3) is 0 Å². The van der Waals surface area contributed by atoms with Crippen LogP contribution in [-0.2, 0) is 6.54 Å². The van der Waals surface area contributed by atoms with Gasteiger partial charge in [0.05, 0.1) is 6.61 Å². The fourth-order valence-electron chi connectivity index (χ4n) is 2.91. The van der Waals surface area contributed by atoms with Crippen molar-refractivity contribution in [3.05, 3.63) is 35.9 Å². The summed E-state index contributed by atoms with van der Waals surface area (Å²) in [6, 6.07) is 10.7. The Labute approximate surface area is 110 Å². The van der Waals surface area contributed by atoms with Gasteiger partial charge in [-0.2, -0.15) is 0 Å². The number of benzene rings is 1. The molecule has 1 aliphatic rings. The van der Waals surface area contributed by atoms with E-state index in [0.717, 1.165) is 18.9 Å². The van der Waals surface area contributed by atoms with E-state index in [1.54, 1.807) is 0 Å². The maximum Gasteiger partial charge on any atom is 0.0584 e. The summed E-state index contributed by atoms with van der Waals surface area (Å²) in [7, 11) is 0. The Balaban J connectivity index is 1.74. The van der Waals surface area contributed by atoms with Gasteiger partial charge in [0.15, 0.2) is 0 Å². The second-order valence-corrected chi connectivity index (χ2v) is 5.49. The number of nitrogens with one attached hydrogen (secondary N) is 1. The summed E-state index contributed by atoms with van der Waals surface area (Å²) in [5, 5.41) is 13.0. The molecule has 1 atom stereocenters. The first kappa shape index (κ1) is 13.6. The molecule has 2 nitrogen and oxygen atoms in total. The van der Waals surface area contributed by atoms with Gasteiger partial charge in [0.1, 0.15) is 0 Å². The summed E-state index contributed by atoms with van der Waals surface area (Å²) in [4.78, 5) is 0. The van der Waals surface area contributed by atoms with E-state index in [4.69, 9.17) is 0 Å². The van der Waals surface area contributed by atoms with Gasteiger partial charge in [0, 0.05) is 12.6 Å². The highest BCUT2D eigenvalue weighted by Crippen LogP contribution is 2.27. The molecule has 0 bridgehead atoms. The molecule has 0 radical (unpaired) electrons. The summed E-state index contributed by atoms with van der Waals surface area (Å²) in [6.07, 6.45) is 7.98. The van der Waals surface area contributed by atoms with Crippen molar-refractivity contribution in [3.8, 4) is 0 Å². The van der Waals surface area contributed by atoms with Crippen LogP contribution >= 0.6 is 0 Å². The van der Waals surface area contributed by atoms with Crippen LogP contribution in [0.5, 0.6) is 0 Å². The summed E-state index contributed by atoms with van der Waals surface area (Å²) >= 11 is 0. The highest BCUT2D eigenvalue weighted by atomic mass is 16.3. The summed E-state index contributed by atoms with van der Waals surface area (Å²) in [5.74, 6) is 0.819. The number of hydrogen-bond donors (Lipinski definition) is 2. The molecule has 0 saturated heterocycles. The molecule has 0 spiro atoms. The molecule has 100 valence electrons. The smallest absolute Gasteiger partial charge is 0.0584 e. The molecule has 1 aromatic rings. The molecule has 0 heterocycles. The lowest BCUT2D eigenvalue weighted by Crippen LogP contribution is -2.34. The number of rotatable bonds is 6. The van der Waals surface area contributed by atoms with E-state index < -0.39 is 0 Å². The predicted octanol–water partition coefficient (Wildman–Crippen LogP) is 3.11. The van der Waals surface area contributed by atoms with Crippen molar-refractivity contribution in [2.45, 2.75) is 51.1 Å². The van der Waals surface area contributed by atoms with Crippen LogP contribution < -0.4 is 5.32 Å². The maximum absolute atomic E-state index is 9.47. The Kier molecular flexibility index (Phi) is 5.69. The van der Waals surface area contributed by atoms with Crippen molar-refractivity contribution in [2.75, 3.05) is 6.61 Å². The van der Waals surface area contributed by atoms with Gasteiger partial charge in [-0.05, 0) is 17.9 Å². The number of aliphatic hydroxyl groups is 1. The van der Waals surface area contributed by atoms with Crippen LogP contribution in [-0.4, -0.2) is 17.8 Å². The van der Waals surface area contributed by atoms with Gasteiger partial charge in [-0.15, -0.1) is 0 Å². The topological polar surface area (TPSA) is 32.3 Å². The van der Waals surface area contributed by atoms with Crippen LogP contribution in [0.4, 0.5) is 0 Å². The molecule has 2 heteroatoms. The van der Waals surface area contributed by atoms with Crippen LogP contribution in [0.1, 0.15) is 44.1 Å². The molecule has 1 aliphatic carbocycles. The van der Waals surface area contributed by atoms with Crippen LogP contribution in [0, 0.1) is 5.92 Å². The van der Waals surface area contributed by atoms with Crippen molar-refractivity contribution >= 4 is 0 Å². The monoisotopic (exact) mass is 247 g/mol. The summed E-state index contributed by atoms with van der Waals surface area (Å²) in [6.45, 7) is 1.11. The lowest BCUT2D eigenvalue weighted by molar-refractivity contribution is 0.203. The largest absolute Gasteiger partial charge is 0.395 e. The highest BCUT2D eigenvalue weighted by Gasteiger charge is 2.18. The van der Waals surface area contributed by atoms with Crippen molar-refractivity contribution in [1.82, 2.24) is 5.32 Å². The molecule has 1 saturated carbocycles. The van der Waals surface area contributed by atoms with Gasteiger partial charge in [0.2, 0.25) is 0 Å². The first-order chi connectivity index (χ1) is 8.88. The van der Waals surface area contributed by atoms with E-state index in [2.05, 4.69) is 29.6 Å². The van der Waals surface area contributed by atoms with Crippen LogP contribution in [0.25, 0.3) is 0 Å². The van der Waals surface area contributed by atoms with Gasteiger partial charge in [-0.1, -0.05) is 62.4 Å². The average Bonchev–Trinajstić information content (AvgIpc) is 2.45. The van der Waals surface area contributed by atoms with Crippen molar-refractivity contribution in [2.24, 2.45) is 5.92 Å². The molecule has 0 aliphatic heterocycles. The first-order valence-electron chi connectivity index (χ1n) is 7.26. The van der Waals surface area contributed by atoms with Crippen LogP contribution in [0.15, 0.2) is 30.3 Å². The third kappa shape index (κ3) is 4.43. The Hall–Kier alpha value is -0.860. The summed E-state index contributed by atoms with van der Waals surface area (Å²) in [5.41, 5.74) is 1.29. The normalized spacial score (nSPS) is 18.7. The highest BCUT2D eigenvalue weighted by molar-refractivity contribution is 5.14. The molecule has 2 rings (SSSR count). The van der Waals surface area contributed by atoms with Gasteiger partial charge >= 0.3 is 0 Å². The second-order valence-electron chi connectivity index (χ2n) is 5.49. The molecule has 1 fully saturated rings. The Bertz CT molecular complexity index is 319. The van der Waals surface area contributed by atoms with Gasteiger partial charge < -0.3 is 10.4 Å². The van der Waals surface area contributed by atoms with E-state index >= 15 is 0 Å². The van der Waals surface area contributed by atoms with E-state index in [-0.39, 0.29) is 12.6 Å². The SMILES string of the molecule is OC[C@H](CC1CCCCC1)NCc1ccccc1. The zero-order valence-electron chi connectivity index (χ0n) is 11.1. The lowest BCUT2D eigenvalue weighted by Gasteiger charge is -2.26. The Morgan fingerprint density at radius 3 is 2.50 bits per heavy atom. The zero-order chi connectivity index (χ0) is 12.6. The maximum atomic E-state index is 9.47. The second kappa shape index (κ2) is 7.55. The standard InChI is InChI=1S/C16H25NO/c18-13-16(11-14-7-3-1-4-8-14)17-12-15-9-5-2-6-10-15/h2,5-6,9-10,14,16-18H,1,3-4,7-8,11-13H2/t16-/m0/s1. The molecule has 18 heavy (non-hydrogen) atoms. The lowest BCUT2D eigenvalue weighted by atomic mass is 9.85. The molecule has 0 unspecified atom stereocenters. The van der Waals surface area contributed by atoms with Gasteiger partial charge in [-0.3, -0.25) is 0 Å². The van der Waals surface area contributed by atoms with E-state index in [1.807, 2.05) is 6.07 Å². The van der Waals surface area contributed by atoms with E-state index in [0.29, 0.717) is 0 Å². The molecular weight excluding hydrogens is 222 g/mol. The Morgan fingerprint density at radius 1 is 1.11 bits per heavy atom. The number of hydrogen-bond acceptors (Lipinski definition) is 2. The minimum absolute atomic E-state index is 0.253. The molecular formula is C16H25NO. The van der Waals surface area contributed by atoms with Crippen LogP contribution in [0.2, 0.25) is 0 Å². The third-order valence-corrected chi connectivity index (χ3v) is 4.00. The fraction of sp³-hybridized carbons (Fsp3) is 0.625. The molecule has 0 aromatic heterocycles. The average molecular weight is 247 g/mol. The Morgan fingerprint density at radius 2 is 1.83 bits per heavy atom. The molecule has 0 amide bonds. The quantitative estimate of drug-likeness (QED) is 0.809. The fourth-order valence-corrected chi connectivity index (χ4v) is 2.91. The van der Waals surface area contributed by atoms with Crippen LogP contribution in [0.3, 0.4) is 0 Å². The molecule has 2 N–H and O–H groups in total. The van der Waals surface area contributed by atoms with E-state index in [9.17, 15) is 5.11 Å². The zero-order valence-corrected chi connectivity index (χ0v) is 11.1. The van der Waals surface area contributed by atoms with Crippen molar-refractivity contribution in [1.29, 1.82) is 0 Å². The minimum Gasteiger partial charge on any atom is -0.395 e. The molecule has 1 aromatic carbocycles. The van der Waals surface area contributed by atoms with Crippen molar-refractivity contribution in [3.63, 3.8) is 0 Å². The summed E-state index contributed by atoms with van der Waals surface area (Å²) < 4.78 is 0. The van der Waals surface area contributed by atoms with Crippen molar-refractivity contribution < 1.29 is 5.11 Å².